The molecule has 2 heteroatoms. The molecule has 0 saturated carbocycles. The van der Waals surface area contributed by atoms with Gasteiger partial charge in [-0.15, -0.1) is 0 Å². The third kappa shape index (κ3) is 9.53. The maximum Gasteiger partial charge on any atom is 0.0465 e. The van der Waals surface area contributed by atoms with Crippen LogP contribution >= 0.6 is 0 Å². The first-order valence-electron chi connectivity index (χ1n) is 30.6. The van der Waals surface area contributed by atoms with E-state index in [1.165, 1.54) is 110 Å². The Bertz CT molecular complexity index is 4360. The van der Waals surface area contributed by atoms with Crippen LogP contribution in [0, 0.1) is 0 Å². The molecule has 0 radical (unpaired) electrons. The van der Waals surface area contributed by atoms with Gasteiger partial charge in [-0.25, -0.2) is 0 Å². The molecule has 0 heterocycles. The molecular weight excluding hydrogens is 1040 g/mol. The molecule has 2 aliphatic carbocycles. The van der Waals surface area contributed by atoms with Crippen molar-refractivity contribution in [2.75, 3.05) is 9.80 Å². The molecule has 420 valence electrons. The Hall–Kier alpha value is -9.50. The zero-order valence-corrected chi connectivity index (χ0v) is 51.3. The van der Waals surface area contributed by atoms with Gasteiger partial charge in [0.25, 0.3) is 0 Å². The van der Waals surface area contributed by atoms with E-state index in [9.17, 15) is 0 Å². The first-order valence-corrected chi connectivity index (χ1v) is 30.6. The molecule has 0 aromatic heterocycles. The summed E-state index contributed by atoms with van der Waals surface area (Å²) in [6.45, 7) is 23.2. The average molecular weight is 1110 g/mol. The van der Waals surface area contributed by atoms with Crippen LogP contribution in [-0.2, 0) is 21.7 Å². The van der Waals surface area contributed by atoms with Gasteiger partial charge in [0.15, 0.2) is 0 Å². The van der Waals surface area contributed by atoms with E-state index >= 15 is 0 Å². The van der Waals surface area contributed by atoms with Crippen LogP contribution in [0.1, 0.15) is 125 Å². The fourth-order valence-corrected chi connectivity index (χ4v) is 13.8. The average Bonchev–Trinajstić information content (AvgIpc) is 1.54. The highest BCUT2D eigenvalue weighted by Crippen LogP contribution is 2.53. The lowest BCUT2D eigenvalue weighted by Crippen LogP contribution is -2.17. The Morgan fingerprint density at radius 1 is 0.256 bits per heavy atom. The van der Waals surface area contributed by atoms with Gasteiger partial charge in [0.2, 0.25) is 0 Å². The summed E-state index contributed by atoms with van der Waals surface area (Å²) in [5, 5.41) is 7.61. The zero-order chi connectivity index (χ0) is 59.3. The SMILES string of the molecule is CC(C)(C)c1ccc(N(c2ccccc2)c2ccc3c(c2)C(C)(C)c2cc(C=Cc4ccc5c6ccc(C=Cc7ccc8c(c7)C(C)(C)c7cc(N(c9ccccc9)c9ccc(C(C)(C)C)cc9)ccc7-8)cc6c6ccccc6c5c4)ccc2-3)cc1. The van der Waals surface area contributed by atoms with Gasteiger partial charge < -0.3 is 9.80 Å². The minimum absolute atomic E-state index is 0.0841. The molecule has 12 aromatic rings. The summed E-state index contributed by atoms with van der Waals surface area (Å²) in [4.78, 5) is 4.78. The first kappa shape index (κ1) is 54.4. The van der Waals surface area contributed by atoms with Crippen molar-refractivity contribution in [1.29, 1.82) is 0 Å². The molecule has 12 aromatic carbocycles. The number of fused-ring (bicyclic) bond motifs is 12. The van der Waals surface area contributed by atoms with Crippen molar-refractivity contribution < 1.29 is 0 Å². The fourth-order valence-electron chi connectivity index (χ4n) is 13.8. The molecule has 86 heavy (non-hydrogen) atoms. The number of rotatable bonds is 10. The number of hydrogen-bond acceptors (Lipinski definition) is 2. The maximum atomic E-state index is 2.42. The van der Waals surface area contributed by atoms with Gasteiger partial charge in [-0.1, -0.05) is 251 Å². The van der Waals surface area contributed by atoms with Crippen molar-refractivity contribution in [3.05, 3.63) is 298 Å². The van der Waals surface area contributed by atoms with Crippen LogP contribution in [0.5, 0.6) is 0 Å². The molecule has 0 aliphatic heterocycles. The number of hydrogen-bond donors (Lipinski definition) is 0. The number of benzene rings is 12. The largest absolute Gasteiger partial charge is 0.310 e. The standard InChI is InChI=1S/C84H74N2/c1-81(2,3)59-33-37-63(38-34-59)85(61-19-13-11-14-20-61)65-41-47-73-71-45-31-57(51-77(71)83(7,8)79(73)53-65)27-25-55-29-43-69-70-44-30-56(50-76(70)68-24-18-17-23-67(68)75(69)49-55)26-28-58-32-46-72-74-48-42-66(54-80(74)84(9,10)78(72)52-58)86(62-21-15-12-16-22-62)64-39-35-60(36-40-64)82(4,5)6/h11-54H,1-10H3. The van der Waals surface area contributed by atoms with E-state index in [4.69, 9.17) is 0 Å². The predicted octanol–water partition coefficient (Wildman–Crippen LogP) is 23.6. The normalized spacial score (nSPS) is 14.0. The fraction of sp³-hybridized carbons (Fsp3) is 0.167. The molecule has 0 unspecified atom stereocenters. The second kappa shape index (κ2) is 20.6. The summed E-state index contributed by atoms with van der Waals surface area (Å²) in [5.74, 6) is 0. The second-order valence-electron chi connectivity index (χ2n) is 27.1. The van der Waals surface area contributed by atoms with Gasteiger partial charge in [0.1, 0.15) is 0 Å². The van der Waals surface area contributed by atoms with E-state index in [2.05, 4.69) is 346 Å². The Balaban J connectivity index is 0.723. The molecular formula is C84H74N2. The van der Waals surface area contributed by atoms with E-state index < -0.39 is 0 Å². The van der Waals surface area contributed by atoms with Crippen molar-refractivity contribution >= 4 is 90.7 Å². The lowest BCUT2D eigenvalue weighted by atomic mass is 9.81. The quantitative estimate of drug-likeness (QED) is 0.0995. The first-order chi connectivity index (χ1) is 41.4. The van der Waals surface area contributed by atoms with Crippen molar-refractivity contribution in [2.45, 2.75) is 90.9 Å². The molecule has 0 amide bonds. The van der Waals surface area contributed by atoms with Crippen molar-refractivity contribution in [3.63, 3.8) is 0 Å². The second-order valence-corrected chi connectivity index (χ2v) is 27.1. The molecule has 2 nitrogen and oxygen atoms in total. The minimum atomic E-state index is -0.188. The molecule has 0 bridgehead atoms. The van der Waals surface area contributed by atoms with Gasteiger partial charge in [0.05, 0.1) is 0 Å². The molecule has 2 aliphatic rings. The maximum absolute atomic E-state index is 2.42. The summed E-state index contributed by atoms with van der Waals surface area (Å²) in [5.41, 5.74) is 24.8. The smallest absolute Gasteiger partial charge is 0.0465 e. The molecule has 14 rings (SSSR count). The van der Waals surface area contributed by atoms with Crippen LogP contribution in [0.2, 0.25) is 0 Å². The van der Waals surface area contributed by atoms with Gasteiger partial charge in [-0.05, 0) is 206 Å². The highest BCUT2D eigenvalue weighted by molar-refractivity contribution is 6.26. The monoisotopic (exact) mass is 1110 g/mol. The summed E-state index contributed by atoms with van der Waals surface area (Å²) >= 11 is 0. The van der Waals surface area contributed by atoms with Crippen LogP contribution in [0.25, 0.3) is 78.9 Å². The van der Waals surface area contributed by atoms with Crippen LogP contribution in [0.15, 0.2) is 243 Å². The highest BCUT2D eigenvalue weighted by atomic mass is 15.1. The third-order valence-electron chi connectivity index (χ3n) is 18.7. The van der Waals surface area contributed by atoms with E-state index in [0.717, 1.165) is 34.1 Å². The molecule has 0 fully saturated rings. The number of nitrogens with zero attached hydrogens (tertiary/aromatic N) is 2. The molecule has 0 saturated heterocycles. The van der Waals surface area contributed by atoms with Crippen molar-refractivity contribution in [2.24, 2.45) is 0 Å². The van der Waals surface area contributed by atoms with Crippen LogP contribution in [0.3, 0.4) is 0 Å². The predicted molar refractivity (Wildman–Crippen MR) is 372 cm³/mol. The lowest BCUT2D eigenvalue weighted by Gasteiger charge is -2.29. The topological polar surface area (TPSA) is 6.48 Å². The van der Waals surface area contributed by atoms with Crippen LogP contribution in [0.4, 0.5) is 34.1 Å². The number of anilines is 6. The summed E-state index contributed by atoms with van der Waals surface area (Å²) in [7, 11) is 0. The minimum Gasteiger partial charge on any atom is -0.310 e. The Morgan fingerprint density at radius 2 is 0.535 bits per heavy atom. The Kier molecular flexibility index (Phi) is 13.1. The Labute approximate surface area is 509 Å². The zero-order valence-electron chi connectivity index (χ0n) is 51.3. The summed E-state index contributed by atoms with van der Waals surface area (Å²) < 4.78 is 0. The number of para-hydroxylation sites is 2. The van der Waals surface area contributed by atoms with Gasteiger partial charge in [-0.3, -0.25) is 0 Å². The molecule has 0 N–H and O–H groups in total. The van der Waals surface area contributed by atoms with E-state index in [1.54, 1.807) is 0 Å². The Morgan fingerprint density at radius 3 is 0.895 bits per heavy atom. The van der Waals surface area contributed by atoms with Crippen molar-refractivity contribution in [1.82, 2.24) is 0 Å². The molecule has 0 atom stereocenters. The van der Waals surface area contributed by atoms with Gasteiger partial charge in [-0.2, -0.15) is 0 Å². The summed E-state index contributed by atoms with van der Waals surface area (Å²) in [6, 6.07) is 90.8. The van der Waals surface area contributed by atoms with Crippen LogP contribution in [-0.4, -0.2) is 0 Å². The summed E-state index contributed by atoms with van der Waals surface area (Å²) in [6.07, 6.45) is 9.15. The van der Waals surface area contributed by atoms with Crippen LogP contribution < -0.4 is 9.80 Å². The lowest BCUT2D eigenvalue weighted by molar-refractivity contribution is 0.590. The van der Waals surface area contributed by atoms with Gasteiger partial charge >= 0.3 is 0 Å². The van der Waals surface area contributed by atoms with E-state index in [0.29, 0.717) is 0 Å². The third-order valence-corrected chi connectivity index (χ3v) is 18.7. The highest BCUT2D eigenvalue weighted by Gasteiger charge is 2.38. The molecule has 0 spiro atoms. The van der Waals surface area contributed by atoms with E-state index in [1.807, 2.05) is 0 Å². The van der Waals surface area contributed by atoms with Gasteiger partial charge in [0, 0.05) is 45.0 Å². The van der Waals surface area contributed by atoms with Crippen molar-refractivity contribution in [3.8, 4) is 22.3 Å². The van der Waals surface area contributed by atoms with E-state index in [-0.39, 0.29) is 21.7 Å².